The summed E-state index contributed by atoms with van der Waals surface area (Å²) in [6.07, 6.45) is 2.72. The lowest BCUT2D eigenvalue weighted by atomic mass is 9.90. The first kappa shape index (κ1) is 19.2. The van der Waals surface area contributed by atoms with Crippen molar-refractivity contribution in [3.05, 3.63) is 63.6 Å². The maximum absolute atomic E-state index is 6.67. The minimum absolute atomic E-state index is 0.190. The van der Waals surface area contributed by atoms with Gasteiger partial charge >= 0.3 is 0 Å². The summed E-state index contributed by atoms with van der Waals surface area (Å²) in [5, 5.41) is 8.47. The number of rotatable bonds is 2. The van der Waals surface area contributed by atoms with E-state index in [1.165, 1.54) is 5.56 Å². The number of hydrazone groups is 1. The molecule has 0 N–H and O–H groups in total. The summed E-state index contributed by atoms with van der Waals surface area (Å²) in [6, 6.07) is 14.9. The van der Waals surface area contributed by atoms with E-state index in [4.69, 9.17) is 33.0 Å². The molecule has 29 heavy (non-hydrogen) atoms. The standard InChI is InChI=1S/C23H25Cl2N3O/c1-15(2)27-11-9-23(10-12-27)28-21(17-5-3-4-6-22(17)29-23)14-20(26-28)16-7-8-18(24)19(25)13-16/h3-8,13,15,21H,9-12,14H2,1-2H3/t21-/m0/s1. The monoisotopic (exact) mass is 429 g/mol. The number of fused-ring (bicyclic) bond motifs is 4. The summed E-state index contributed by atoms with van der Waals surface area (Å²) in [5.41, 5.74) is 2.89. The van der Waals surface area contributed by atoms with E-state index in [0.717, 1.165) is 49.4 Å². The molecule has 0 radical (unpaired) electrons. The highest BCUT2D eigenvalue weighted by molar-refractivity contribution is 6.42. The van der Waals surface area contributed by atoms with E-state index in [9.17, 15) is 0 Å². The Labute approximate surface area is 182 Å². The third kappa shape index (κ3) is 3.22. The SMILES string of the molecule is CC(C)N1CCC2(CC1)Oc1ccccc1[C@@H]1CC(c3ccc(Cl)c(Cl)c3)=NN12. The Bertz CT molecular complexity index is 966. The van der Waals surface area contributed by atoms with Gasteiger partial charge in [0.05, 0.1) is 21.8 Å². The minimum Gasteiger partial charge on any atom is -0.466 e. The topological polar surface area (TPSA) is 28.1 Å². The lowest BCUT2D eigenvalue weighted by molar-refractivity contribution is -0.152. The van der Waals surface area contributed by atoms with Gasteiger partial charge in [-0.1, -0.05) is 47.5 Å². The van der Waals surface area contributed by atoms with Crippen LogP contribution in [-0.4, -0.2) is 40.5 Å². The number of hydrogen-bond donors (Lipinski definition) is 0. The van der Waals surface area contributed by atoms with Crippen molar-refractivity contribution >= 4 is 28.9 Å². The Morgan fingerprint density at radius 3 is 2.55 bits per heavy atom. The van der Waals surface area contributed by atoms with Crippen LogP contribution in [0.25, 0.3) is 0 Å². The fraction of sp³-hybridized carbons (Fsp3) is 0.435. The second-order valence-electron chi connectivity index (χ2n) is 8.46. The number of nitrogens with zero attached hydrogens (tertiary/aromatic N) is 3. The number of benzene rings is 2. The van der Waals surface area contributed by atoms with Gasteiger partial charge in [0.1, 0.15) is 5.75 Å². The molecule has 2 aromatic rings. The molecule has 1 spiro atoms. The van der Waals surface area contributed by atoms with Gasteiger partial charge in [-0.15, -0.1) is 0 Å². The van der Waals surface area contributed by atoms with Gasteiger partial charge in [0.2, 0.25) is 5.72 Å². The highest BCUT2D eigenvalue weighted by Crippen LogP contribution is 2.50. The van der Waals surface area contributed by atoms with Crippen LogP contribution < -0.4 is 4.74 Å². The van der Waals surface area contributed by atoms with Gasteiger partial charge in [-0.05, 0) is 37.6 Å². The van der Waals surface area contributed by atoms with Gasteiger partial charge in [0.15, 0.2) is 0 Å². The fourth-order valence-corrected chi connectivity index (χ4v) is 5.10. The van der Waals surface area contributed by atoms with Crippen LogP contribution >= 0.6 is 23.2 Å². The Kier molecular flexibility index (Phi) is 4.77. The van der Waals surface area contributed by atoms with E-state index < -0.39 is 0 Å². The molecule has 0 bridgehead atoms. The van der Waals surface area contributed by atoms with Crippen molar-refractivity contribution in [2.45, 2.75) is 50.9 Å². The van der Waals surface area contributed by atoms with Crippen molar-refractivity contribution in [3.63, 3.8) is 0 Å². The van der Waals surface area contributed by atoms with Crippen LogP contribution in [-0.2, 0) is 0 Å². The third-order valence-electron chi connectivity index (χ3n) is 6.47. The van der Waals surface area contributed by atoms with E-state index in [2.05, 4.69) is 48.0 Å². The molecule has 1 saturated heterocycles. The molecule has 0 unspecified atom stereocenters. The zero-order chi connectivity index (χ0) is 20.2. The molecule has 5 rings (SSSR count). The van der Waals surface area contributed by atoms with Crippen molar-refractivity contribution in [2.75, 3.05) is 13.1 Å². The lowest BCUT2D eigenvalue weighted by Crippen LogP contribution is -2.59. The fourth-order valence-electron chi connectivity index (χ4n) is 4.80. The van der Waals surface area contributed by atoms with Crippen LogP contribution in [0.4, 0.5) is 0 Å². The number of ether oxygens (including phenoxy) is 1. The zero-order valence-corrected chi connectivity index (χ0v) is 18.2. The molecule has 2 aromatic carbocycles. The second-order valence-corrected chi connectivity index (χ2v) is 9.27. The molecule has 3 aliphatic heterocycles. The normalized spacial score (nSPS) is 23.0. The van der Waals surface area contributed by atoms with Gasteiger partial charge in [0.25, 0.3) is 0 Å². The molecule has 0 amide bonds. The molecule has 0 aromatic heterocycles. The van der Waals surface area contributed by atoms with Crippen LogP contribution in [0.2, 0.25) is 10.0 Å². The number of halogens is 2. The van der Waals surface area contributed by atoms with Crippen molar-refractivity contribution in [3.8, 4) is 5.75 Å². The quantitative estimate of drug-likeness (QED) is 0.609. The van der Waals surface area contributed by atoms with Crippen LogP contribution in [0.15, 0.2) is 47.6 Å². The predicted molar refractivity (Wildman–Crippen MR) is 118 cm³/mol. The molecule has 1 fully saturated rings. The summed E-state index contributed by atoms with van der Waals surface area (Å²) in [4.78, 5) is 2.52. The largest absolute Gasteiger partial charge is 0.466 e. The average molecular weight is 430 g/mol. The first-order valence-corrected chi connectivity index (χ1v) is 11.1. The first-order valence-electron chi connectivity index (χ1n) is 10.3. The number of para-hydroxylation sites is 1. The highest BCUT2D eigenvalue weighted by atomic mass is 35.5. The molecule has 3 heterocycles. The minimum atomic E-state index is -0.387. The summed E-state index contributed by atoms with van der Waals surface area (Å²) in [6.45, 7) is 6.55. The Balaban J connectivity index is 1.53. The highest BCUT2D eigenvalue weighted by Gasteiger charge is 2.51. The number of piperidine rings is 1. The van der Waals surface area contributed by atoms with Gasteiger partial charge in [-0.25, -0.2) is 5.01 Å². The molecule has 6 heteroatoms. The summed E-state index contributed by atoms with van der Waals surface area (Å²) in [5.74, 6) is 0.998. The molecule has 3 aliphatic rings. The van der Waals surface area contributed by atoms with Crippen LogP contribution in [0.5, 0.6) is 5.75 Å². The van der Waals surface area contributed by atoms with Crippen LogP contribution in [0, 0.1) is 0 Å². The van der Waals surface area contributed by atoms with Gasteiger partial charge in [-0.2, -0.15) is 5.10 Å². The van der Waals surface area contributed by atoms with E-state index in [1.807, 2.05) is 18.2 Å². The van der Waals surface area contributed by atoms with E-state index in [1.54, 1.807) is 0 Å². The zero-order valence-electron chi connectivity index (χ0n) is 16.7. The third-order valence-corrected chi connectivity index (χ3v) is 7.21. The van der Waals surface area contributed by atoms with Crippen molar-refractivity contribution in [2.24, 2.45) is 5.10 Å². The van der Waals surface area contributed by atoms with Gasteiger partial charge in [0, 0.05) is 44.0 Å². The molecular weight excluding hydrogens is 405 g/mol. The van der Waals surface area contributed by atoms with Crippen LogP contribution in [0.3, 0.4) is 0 Å². The van der Waals surface area contributed by atoms with E-state index >= 15 is 0 Å². The second kappa shape index (κ2) is 7.19. The van der Waals surface area contributed by atoms with Crippen molar-refractivity contribution in [1.82, 2.24) is 9.91 Å². The average Bonchev–Trinajstić information content (AvgIpc) is 3.17. The molecule has 4 nitrogen and oxygen atoms in total. The summed E-state index contributed by atoms with van der Waals surface area (Å²) >= 11 is 12.4. The van der Waals surface area contributed by atoms with Crippen molar-refractivity contribution in [1.29, 1.82) is 0 Å². The van der Waals surface area contributed by atoms with Gasteiger partial charge in [-0.3, -0.25) is 0 Å². The van der Waals surface area contributed by atoms with Crippen LogP contribution in [0.1, 0.15) is 50.3 Å². The molecule has 152 valence electrons. The number of likely N-dealkylation sites (tertiary alicyclic amines) is 1. The van der Waals surface area contributed by atoms with Crippen molar-refractivity contribution < 1.29 is 4.74 Å². The predicted octanol–water partition coefficient (Wildman–Crippen LogP) is 5.74. The first-order chi connectivity index (χ1) is 14.0. The Morgan fingerprint density at radius 2 is 1.83 bits per heavy atom. The molecule has 1 atom stereocenters. The smallest absolute Gasteiger partial charge is 0.200 e. The van der Waals surface area contributed by atoms with E-state index in [0.29, 0.717) is 16.1 Å². The maximum atomic E-state index is 6.67. The molecule has 0 aliphatic carbocycles. The molecular formula is C23H25Cl2N3O. The maximum Gasteiger partial charge on any atom is 0.200 e. The summed E-state index contributed by atoms with van der Waals surface area (Å²) in [7, 11) is 0. The number of hydrogen-bond acceptors (Lipinski definition) is 4. The van der Waals surface area contributed by atoms with E-state index in [-0.39, 0.29) is 11.8 Å². The molecule has 0 saturated carbocycles. The lowest BCUT2D eigenvalue weighted by Gasteiger charge is -2.51. The van der Waals surface area contributed by atoms with Gasteiger partial charge < -0.3 is 9.64 Å². The Morgan fingerprint density at radius 1 is 1.07 bits per heavy atom. The Hall–Kier alpha value is -1.75. The summed E-state index contributed by atoms with van der Waals surface area (Å²) < 4.78 is 6.67.